The van der Waals surface area contributed by atoms with Crippen molar-refractivity contribution in [2.24, 2.45) is 11.8 Å². The molecule has 2 bridgehead atoms. The average molecular weight is 407 g/mol. The minimum atomic E-state index is -0.825. The van der Waals surface area contributed by atoms with Crippen LogP contribution in [0.5, 0.6) is 0 Å². The van der Waals surface area contributed by atoms with E-state index in [-0.39, 0.29) is 30.6 Å². The Bertz CT molecular complexity index is 778. The van der Waals surface area contributed by atoms with E-state index in [9.17, 15) is 9.59 Å². The molecule has 6 aliphatic heterocycles. The number of amides is 2. The van der Waals surface area contributed by atoms with Crippen LogP contribution >= 0.6 is 0 Å². The van der Waals surface area contributed by atoms with Crippen molar-refractivity contribution in [2.75, 3.05) is 6.54 Å². The van der Waals surface area contributed by atoms with Gasteiger partial charge in [0.25, 0.3) is 0 Å². The molecule has 5 saturated heterocycles. The van der Waals surface area contributed by atoms with Gasteiger partial charge in [0.05, 0.1) is 30.6 Å². The maximum atomic E-state index is 13.0. The Morgan fingerprint density at radius 1 is 0.793 bits per heavy atom. The summed E-state index contributed by atoms with van der Waals surface area (Å²) in [7, 11) is 0. The third-order valence-electron chi connectivity index (χ3n) is 6.62. The van der Waals surface area contributed by atoms with Crippen molar-refractivity contribution in [3.63, 3.8) is 0 Å². The zero-order valence-corrected chi connectivity index (χ0v) is 16.8. The van der Waals surface area contributed by atoms with Gasteiger partial charge < -0.3 is 28.4 Å². The molecule has 9 heteroatoms. The van der Waals surface area contributed by atoms with Crippen LogP contribution in [0, 0.1) is 11.8 Å². The van der Waals surface area contributed by atoms with E-state index in [0.29, 0.717) is 0 Å². The topological polar surface area (TPSA) is 92.8 Å². The van der Waals surface area contributed by atoms with E-state index in [1.807, 2.05) is 39.8 Å². The van der Waals surface area contributed by atoms with Crippen molar-refractivity contribution in [1.29, 1.82) is 0 Å². The smallest absolute Gasteiger partial charge is 0.236 e. The van der Waals surface area contributed by atoms with E-state index >= 15 is 0 Å². The van der Waals surface area contributed by atoms with Crippen LogP contribution in [-0.2, 0) is 38.0 Å². The third-order valence-corrected chi connectivity index (χ3v) is 6.62. The maximum absolute atomic E-state index is 13.0. The van der Waals surface area contributed by atoms with E-state index in [2.05, 4.69) is 0 Å². The average Bonchev–Trinajstić information content (AvgIpc) is 3.39. The minimum Gasteiger partial charge on any atom is -0.365 e. The standard InChI is InChI=1S/C20H25NO8/c1-19(2)26-13-10(25-18-15(14(13)27-19)28-20(3,4)29-18)7-21-16(22)11-8-5-6-9(24-8)12(11)17(21)23/h5-6,8-15,18H,7H2,1-4H3/t8-,9+,10-,11-,12+,13+,14+,15-,18-/m0/s1. The minimum absolute atomic E-state index is 0.0950. The summed E-state index contributed by atoms with van der Waals surface area (Å²) < 4.78 is 36.0. The second-order valence-electron chi connectivity index (χ2n) is 9.50. The fourth-order valence-corrected chi connectivity index (χ4v) is 5.57. The first-order valence-corrected chi connectivity index (χ1v) is 10.2. The highest BCUT2D eigenvalue weighted by Gasteiger charge is 2.64. The van der Waals surface area contributed by atoms with Gasteiger partial charge in [0.2, 0.25) is 11.8 Å². The Labute approximate surface area is 168 Å². The molecule has 2 amide bonds. The molecule has 6 heterocycles. The SMILES string of the molecule is CC1(C)O[C@@H]2O[C@@H](CN3C(=O)[C@@H]4[C@H](C3=O)[C@H]3C=C[C@@H]4O3)[C@H]3OC(C)(C)O[C@H]3[C@@H]2O1. The number of likely N-dealkylation sites (tertiary alicyclic amines) is 1. The lowest BCUT2D eigenvalue weighted by Crippen LogP contribution is -2.58. The van der Waals surface area contributed by atoms with Crippen molar-refractivity contribution in [2.45, 2.75) is 82.2 Å². The monoisotopic (exact) mass is 407 g/mol. The number of hydrogen-bond acceptors (Lipinski definition) is 8. The molecule has 9 atom stereocenters. The van der Waals surface area contributed by atoms with Crippen molar-refractivity contribution in [1.82, 2.24) is 4.90 Å². The number of ether oxygens (including phenoxy) is 6. The Morgan fingerprint density at radius 3 is 2.00 bits per heavy atom. The molecule has 29 heavy (non-hydrogen) atoms. The largest absolute Gasteiger partial charge is 0.365 e. The van der Waals surface area contributed by atoms with Gasteiger partial charge in [0.1, 0.15) is 24.4 Å². The summed E-state index contributed by atoms with van der Waals surface area (Å²) in [5.74, 6) is -2.93. The molecule has 0 N–H and O–H groups in total. The summed E-state index contributed by atoms with van der Waals surface area (Å²) in [5.41, 5.74) is 0. The number of carbonyl (C=O) groups excluding carboxylic acids is 2. The van der Waals surface area contributed by atoms with Crippen molar-refractivity contribution in [3.05, 3.63) is 12.2 Å². The van der Waals surface area contributed by atoms with Crippen LogP contribution in [0.1, 0.15) is 27.7 Å². The lowest BCUT2D eigenvalue weighted by atomic mass is 9.85. The highest BCUT2D eigenvalue weighted by molar-refractivity contribution is 6.06. The van der Waals surface area contributed by atoms with Gasteiger partial charge in [-0.2, -0.15) is 0 Å². The molecule has 5 fully saturated rings. The van der Waals surface area contributed by atoms with Gasteiger partial charge in [-0.1, -0.05) is 12.2 Å². The van der Waals surface area contributed by atoms with Gasteiger partial charge in [-0.15, -0.1) is 0 Å². The van der Waals surface area contributed by atoms with Crippen molar-refractivity contribution < 1.29 is 38.0 Å². The van der Waals surface area contributed by atoms with Gasteiger partial charge in [0, 0.05) is 0 Å². The van der Waals surface area contributed by atoms with Crippen LogP contribution in [0.2, 0.25) is 0 Å². The Hall–Kier alpha value is -1.36. The van der Waals surface area contributed by atoms with E-state index in [1.54, 1.807) is 0 Å². The molecule has 158 valence electrons. The van der Waals surface area contributed by atoms with Gasteiger partial charge >= 0.3 is 0 Å². The van der Waals surface area contributed by atoms with Gasteiger partial charge in [-0.05, 0) is 27.7 Å². The van der Waals surface area contributed by atoms with Crippen LogP contribution in [0.15, 0.2) is 12.2 Å². The summed E-state index contributed by atoms with van der Waals surface area (Å²) in [6.07, 6.45) is 0.578. The van der Waals surface area contributed by atoms with Crippen LogP contribution in [0.3, 0.4) is 0 Å². The zero-order chi connectivity index (χ0) is 20.3. The number of fused-ring (bicyclic) bond motifs is 8. The summed E-state index contributed by atoms with van der Waals surface area (Å²) >= 11 is 0. The fourth-order valence-electron chi connectivity index (χ4n) is 5.57. The quantitative estimate of drug-likeness (QED) is 0.477. The highest BCUT2D eigenvalue weighted by Crippen LogP contribution is 2.47. The third kappa shape index (κ3) is 2.55. The predicted molar refractivity (Wildman–Crippen MR) is 94.0 cm³/mol. The van der Waals surface area contributed by atoms with Gasteiger partial charge in [0.15, 0.2) is 17.9 Å². The summed E-state index contributed by atoms with van der Waals surface area (Å²) in [6.45, 7) is 7.39. The summed E-state index contributed by atoms with van der Waals surface area (Å²) in [5, 5.41) is 0. The van der Waals surface area contributed by atoms with E-state index in [1.165, 1.54) is 4.90 Å². The fraction of sp³-hybridized carbons (Fsp3) is 0.800. The number of hydrogen-bond donors (Lipinski definition) is 0. The first-order valence-electron chi connectivity index (χ1n) is 10.2. The lowest BCUT2D eigenvalue weighted by molar-refractivity contribution is -0.236. The van der Waals surface area contributed by atoms with Crippen LogP contribution < -0.4 is 0 Å². The van der Waals surface area contributed by atoms with Crippen LogP contribution in [0.25, 0.3) is 0 Å². The first-order chi connectivity index (χ1) is 13.6. The van der Waals surface area contributed by atoms with Crippen molar-refractivity contribution >= 4 is 11.8 Å². The predicted octanol–water partition coefficient (Wildman–Crippen LogP) is 0.321. The Kier molecular flexibility index (Phi) is 3.59. The molecule has 0 aromatic heterocycles. The van der Waals surface area contributed by atoms with E-state index in [4.69, 9.17) is 28.4 Å². The normalized spacial score (nSPS) is 50.9. The number of nitrogens with zero attached hydrogens (tertiary/aromatic N) is 1. The molecule has 0 aromatic carbocycles. The van der Waals surface area contributed by atoms with Gasteiger partial charge in [-0.3, -0.25) is 14.5 Å². The first kappa shape index (κ1) is 18.4. The molecule has 9 nitrogen and oxygen atoms in total. The Morgan fingerprint density at radius 2 is 1.34 bits per heavy atom. The van der Waals surface area contributed by atoms with Crippen LogP contribution in [0.4, 0.5) is 0 Å². The molecule has 0 aromatic rings. The number of imide groups is 1. The molecule has 0 unspecified atom stereocenters. The molecule has 0 saturated carbocycles. The van der Waals surface area contributed by atoms with Crippen molar-refractivity contribution in [3.8, 4) is 0 Å². The molecule has 0 radical (unpaired) electrons. The molecule has 0 aliphatic carbocycles. The highest BCUT2D eigenvalue weighted by atomic mass is 16.9. The molecular weight excluding hydrogens is 382 g/mol. The van der Waals surface area contributed by atoms with Gasteiger partial charge in [-0.25, -0.2) is 0 Å². The van der Waals surface area contributed by atoms with E-state index < -0.39 is 54.1 Å². The lowest BCUT2D eigenvalue weighted by Gasteiger charge is -2.38. The molecule has 0 spiro atoms. The Balaban J connectivity index is 1.26. The zero-order valence-electron chi connectivity index (χ0n) is 16.8. The van der Waals surface area contributed by atoms with E-state index in [0.717, 1.165) is 0 Å². The maximum Gasteiger partial charge on any atom is 0.236 e. The molecule has 6 rings (SSSR count). The molecular formula is C20H25NO8. The molecule has 6 aliphatic rings. The second-order valence-corrected chi connectivity index (χ2v) is 9.50. The van der Waals surface area contributed by atoms with Crippen LogP contribution in [-0.4, -0.2) is 77.7 Å². The number of carbonyl (C=O) groups is 2. The second kappa shape index (κ2) is 5.66. The summed E-state index contributed by atoms with van der Waals surface area (Å²) in [4.78, 5) is 27.3. The summed E-state index contributed by atoms with van der Waals surface area (Å²) in [6, 6.07) is 0. The number of rotatable bonds is 2.